The summed E-state index contributed by atoms with van der Waals surface area (Å²) in [5, 5.41) is 0.502. The van der Waals surface area contributed by atoms with Crippen molar-refractivity contribution in [1.29, 1.82) is 0 Å². The van der Waals surface area contributed by atoms with Crippen LogP contribution >= 0.6 is 11.6 Å². The quantitative estimate of drug-likeness (QED) is 0.854. The van der Waals surface area contributed by atoms with Gasteiger partial charge in [0.2, 0.25) is 0 Å². The highest BCUT2D eigenvalue weighted by atomic mass is 35.5. The van der Waals surface area contributed by atoms with Gasteiger partial charge in [0.1, 0.15) is 4.90 Å². The minimum absolute atomic E-state index is 0.0578. The summed E-state index contributed by atoms with van der Waals surface area (Å²) in [5.74, 6) is 0. The van der Waals surface area contributed by atoms with Gasteiger partial charge in [-0.3, -0.25) is 4.72 Å². The maximum absolute atomic E-state index is 12.4. The molecule has 0 fully saturated rings. The number of anilines is 2. The van der Waals surface area contributed by atoms with Crippen molar-refractivity contribution in [2.45, 2.75) is 18.7 Å². The van der Waals surface area contributed by atoms with Crippen LogP contribution < -0.4 is 10.5 Å². The van der Waals surface area contributed by atoms with Gasteiger partial charge in [0.05, 0.1) is 11.4 Å². The summed E-state index contributed by atoms with van der Waals surface area (Å²) in [7, 11) is -3.73. The fourth-order valence-electron chi connectivity index (χ4n) is 1.83. The van der Waals surface area contributed by atoms with Crippen molar-refractivity contribution in [2.24, 2.45) is 0 Å². The molecule has 0 aliphatic rings. The normalized spacial score (nSPS) is 11.3. The summed E-state index contributed by atoms with van der Waals surface area (Å²) in [4.78, 5) is 0.0578. The average molecular weight is 311 g/mol. The zero-order valence-electron chi connectivity index (χ0n) is 11.1. The Morgan fingerprint density at radius 3 is 2.50 bits per heavy atom. The molecule has 0 atom stereocenters. The Bertz CT molecular complexity index is 758. The second-order valence-corrected chi connectivity index (χ2v) is 6.62. The van der Waals surface area contributed by atoms with Gasteiger partial charge in [-0.25, -0.2) is 8.42 Å². The van der Waals surface area contributed by atoms with Gasteiger partial charge in [-0.15, -0.1) is 0 Å². The molecule has 0 bridgehead atoms. The Morgan fingerprint density at radius 2 is 1.85 bits per heavy atom. The first-order valence-electron chi connectivity index (χ1n) is 5.95. The molecule has 0 radical (unpaired) electrons. The van der Waals surface area contributed by atoms with Crippen LogP contribution in [-0.4, -0.2) is 8.42 Å². The molecule has 0 heterocycles. The summed E-state index contributed by atoms with van der Waals surface area (Å²) < 4.78 is 27.2. The molecule has 3 N–H and O–H groups in total. The number of hydrogen-bond donors (Lipinski definition) is 2. The Hall–Kier alpha value is -1.72. The fraction of sp³-hybridized carbons (Fsp3) is 0.143. The van der Waals surface area contributed by atoms with E-state index >= 15 is 0 Å². The van der Waals surface area contributed by atoms with Crippen molar-refractivity contribution in [1.82, 2.24) is 0 Å². The molecule has 20 heavy (non-hydrogen) atoms. The number of rotatable bonds is 3. The SMILES string of the molecule is Cc1ccc(S(=O)(=O)Nc2cccc(Cl)c2C)c(N)c1. The molecule has 0 aliphatic carbocycles. The Balaban J connectivity index is 2.44. The first-order chi connectivity index (χ1) is 9.31. The molecule has 2 aromatic carbocycles. The third kappa shape index (κ3) is 2.89. The number of nitrogens with one attached hydrogen (secondary N) is 1. The molecule has 0 amide bonds. The predicted molar refractivity (Wildman–Crippen MR) is 82.6 cm³/mol. The van der Waals surface area contributed by atoms with E-state index in [1.165, 1.54) is 6.07 Å². The average Bonchev–Trinajstić information content (AvgIpc) is 2.34. The van der Waals surface area contributed by atoms with E-state index in [0.717, 1.165) is 5.56 Å². The first kappa shape index (κ1) is 14.7. The monoisotopic (exact) mass is 310 g/mol. The Kier molecular flexibility index (Phi) is 3.92. The molecule has 2 aromatic rings. The first-order valence-corrected chi connectivity index (χ1v) is 7.81. The molecule has 0 saturated carbocycles. The molecule has 0 unspecified atom stereocenters. The van der Waals surface area contributed by atoms with Crippen LogP contribution in [0.1, 0.15) is 11.1 Å². The Morgan fingerprint density at radius 1 is 1.15 bits per heavy atom. The summed E-state index contributed by atoms with van der Waals surface area (Å²) in [6.07, 6.45) is 0. The van der Waals surface area contributed by atoms with Crippen molar-refractivity contribution in [2.75, 3.05) is 10.5 Å². The fourth-order valence-corrected chi connectivity index (χ4v) is 3.24. The molecule has 0 saturated heterocycles. The molecular weight excluding hydrogens is 296 g/mol. The summed E-state index contributed by atoms with van der Waals surface area (Å²) >= 11 is 5.98. The lowest BCUT2D eigenvalue weighted by Crippen LogP contribution is -2.15. The van der Waals surface area contributed by atoms with Crippen LogP contribution in [0.25, 0.3) is 0 Å². The zero-order chi connectivity index (χ0) is 14.9. The summed E-state index contributed by atoms with van der Waals surface area (Å²) in [6, 6.07) is 9.87. The lowest BCUT2D eigenvalue weighted by atomic mass is 10.2. The van der Waals surface area contributed by atoms with Crippen molar-refractivity contribution in [3.63, 3.8) is 0 Å². The van der Waals surface area contributed by atoms with Crippen LogP contribution in [0, 0.1) is 13.8 Å². The summed E-state index contributed by atoms with van der Waals surface area (Å²) in [5.41, 5.74) is 8.02. The maximum atomic E-state index is 12.4. The molecule has 0 aliphatic heterocycles. The van der Waals surface area contributed by atoms with Gasteiger partial charge in [-0.05, 0) is 49.2 Å². The number of nitrogen functional groups attached to an aromatic ring is 1. The Labute approximate surface area is 123 Å². The number of hydrogen-bond acceptors (Lipinski definition) is 3. The lowest BCUT2D eigenvalue weighted by Gasteiger charge is -2.13. The van der Waals surface area contributed by atoms with Crippen LogP contribution in [0.15, 0.2) is 41.3 Å². The van der Waals surface area contributed by atoms with Gasteiger partial charge in [-0.1, -0.05) is 23.7 Å². The second kappa shape index (κ2) is 5.34. The highest BCUT2D eigenvalue weighted by Gasteiger charge is 2.18. The summed E-state index contributed by atoms with van der Waals surface area (Å²) in [6.45, 7) is 3.60. The topological polar surface area (TPSA) is 72.2 Å². The molecule has 0 spiro atoms. The van der Waals surface area contributed by atoms with Crippen LogP contribution in [0.4, 0.5) is 11.4 Å². The largest absolute Gasteiger partial charge is 0.398 e. The molecule has 0 aromatic heterocycles. The number of benzene rings is 2. The molecular formula is C14H15ClN2O2S. The van der Waals surface area contributed by atoms with Gasteiger partial charge < -0.3 is 5.73 Å². The van der Waals surface area contributed by atoms with E-state index in [1.807, 2.05) is 6.92 Å². The standard InChI is InChI=1S/C14H15ClN2O2S/c1-9-6-7-14(12(16)8-9)20(18,19)17-13-5-3-4-11(15)10(13)2/h3-8,17H,16H2,1-2H3. The zero-order valence-corrected chi connectivity index (χ0v) is 12.7. The predicted octanol–water partition coefficient (Wildman–Crippen LogP) is 3.34. The maximum Gasteiger partial charge on any atom is 0.263 e. The van der Waals surface area contributed by atoms with Gasteiger partial charge in [-0.2, -0.15) is 0 Å². The smallest absolute Gasteiger partial charge is 0.263 e. The second-order valence-electron chi connectivity index (χ2n) is 4.56. The minimum atomic E-state index is -3.73. The van der Waals surface area contributed by atoms with E-state index in [0.29, 0.717) is 16.3 Å². The molecule has 6 heteroatoms. The third-order valence-corrected chi connectivity index (χ3v) is 4.82. The van der Waals surface area contributed by atoms with Crippen LogP contribution in [0.2, 0.25) is 5.02 Å². The van der Waals surface area contributed by atoms with E-state index in [1.54, 1.807) is 37.3 Å². The number of aryl methyl sites for hydroxylation is 1. The van der Waals surface area contributed by atoms with E-state index in [-0.39, 0.29) is 10.6 Å². The number of nitrogens with two attached hydrogens (primary N) is 1. The van der Waals surface area contributed by atoms with Crippen molar-refractivity contribution >= 4 is 33.0 Å². The van der Waals surface area contributed by atoms with Gasteiger partial charge in [0, 0.05) is 5.02 Å². The highest BCUT2D eigenvalue weighted by molar-refractivity contribution is 7.92. The van der Waals surface area contributed by atoms with Gasteiger partial charge in [0.15, 0.2) is 0 Å². The van der Waals surface area contributed by atoms with E-state index in [9.17, 15) is 8.42 Å². The van der Waals surface area contributed by atoms with Crippen molar-refractivity contribution in [3.8, 4) is 0 Å². The lowest BCUT2D eigenvalue weighted by molar-refractivity contribution is 0.601. The minimum Gasteiger partial charge on any atom is -0.398 e. The molecule has 4 nitrogen and oxygen atoms in total. The van der Waals surface area contributed by atoms with Crippen LogP contribution in [-0.2, 0) is 10.0 Å². The van der Waals surface area contributed by atoms with Crippen molar-refractivity contribution < 1.29 is 8.42 Å². The van der Waals surface area contributed by atoms with Gasteiger partial charge >= 0.3 is 0 Å². The number of sulfonamides is 1. The van der Waals surface area contributed by atoms with Crippen LogP contribution in [0.5, 0.6) is 0 Å². The third-order valence-electron chi connectivity index (χ3n) is 2.97. The van der Waals surface area contributed by atoms with Crippen LogP contribution in [0.3, 0.4) is 0 Å². The van der Waals surface area contributed by atoms with Crippen molar-refractivity contribution in [3.05, 3.63) is 52.5 Å². The van der Waals surface area contributed by atoms with E-state index < -0.39 is 10.0 Å². The van der Waals surface area contributed by atoms with E-state index in [2.05, 4.69) is 4.72 Å². The highest BCUT2D eigenvalue weighted by Crippen LogP contribution is 2.27. The number of halogens is 1. The van der Waals surface area contributed by atoms with E-state index in [4.69, 9.17) is 17.3 Å². The van der Waals surface area contributed by atoms with Gasteiger partial charge in [0.25, 0.3) is 10.0 Å². The molecule has 106 valence electrons. The molecule has 2 rings (SSSR count).